The van der Waals surface area contributed by atoms with Crippen molar-refractivity contribution >= 4 is 29.7 Å². The van der Waals surface area contributed by atoms with Crippen molar-refractivity contribution in [1.82, 2.24) is 15.0 Å². The van der Waals surface area contributed by atoms with E-state index in [-0.39, 0.29) is 12.4 Å². The van der Waals surface area contributed by atoms with E-state index in [2.05, 4.69) is 20.3 Å². The quantitative estimate of drug-likeness (QED) is 0.698. The van der Waals surface area contributed by atoms with Gasteiger partial charge in [-0.15, -0.1) is 11.3 Å². The second-order valence-corrected chi connectivity index (χ2v) is 5.77. The summed E-state index contributed by atoms with van der Waals surface area (Å²) in [5.74, 6) is 0.0706. The summed E-state index contributed by atoms with van der Waals surface area (Å²) in [5.41, 5.74) is 4.92. The lowest BCUT2D eigenvalue weighted by atomic mass is 10.1. The van der Waals surface area contributed by atoms with Gasteiger partial charge in [0.1, 0.15) is 4.88 Å². The van der Waals surface area contributed by atoms with Gasteiger partial charge in [-0.1, -0.05) is 30.3 Å². The summed E-state index contributed by atoms with van der Waals surface area (Å²) in [6.07, 6.45) is 0. The van der Waals surface area contributed by atoms with Crippen LogP contribution in [0.5, 0.6) is 0 Å². The maximum atomic E-state index is 12.2. The molecule has 7 nitrogen and oxygen atoms in total. The topological polar surface area (TPSA) is 105 Å². The lowest BCUT2D eigenvalue weighted by molar-refractivity contribution is -0.122. The summed E-state index contributed by atoms with van der Waals surface area (Å²) in [5, 5.41) is 9.63. The van der Waals surface area contributed by atoms with Crippen molar-refractivity contribution in [3.05, 3.63) is 58.2 Å². The molecule has 3 aromatic rings. The highest BCUT2D eigenvalue weighted by Crippen LogP contribution is 2.20. The largest absolute Gasteiger partial charge is 0.483 e. The van der Waals surface area contributed by atoms with Gasteiger partial charge in [-0.25, -0.2) is 15.0 Å². The molecule has 0 fully saturated rings. The predicted molar refractivity (Wildman–Crippen MR) is 95.7 cm³/mol. The Morgan fingerprint density at radius 2 is 1.88 bits per heavy atom. The summed E-state index contributed by atoms with van der Waals surface area (Å²) >= 11 is 1.30. The molecule has 1 amide bonds. The Hall–Kier alpha value is -3.13. The lowest BCUT2D eigenvalue weighted by Crippen LogP contribution is -2.14. The number of amides is 1. The summed E-state index contributed by atoms with van der Waals surface area (Å²) in [6.45, 7) is 3.43. The zero-order valence-corrected chi connectivity index (χ0v) is 14.4. The molecule has 0 aliphatic heterocycles. The fourth-order valence-corrected chi connectivity index (χ4v) is 2.76. The van der Waals surface area contributed by atoms with Crippen molar-refractivity contribution in [2.75, 3.05) is 5.32 Å². The zero-order valence-electron chi connectivity index (χ0n) is 13.6. The van der Waals surface area contributed by atoms with Crippen LogP contribution in [0.15, 0.2) is 41.9 Å². The zero-order chi connectivity index (χ0) is 18.2. The average molecular weight is 356 g/mol. The number of carbonyl (C=O) groups is 2. The van der Waals surface area contributed by atoms with Crippen LogP contribution in [0.25, 0.3) is 11.3 Å². The van der Waals surface area contributed by atoms with E-state index in [1.54, 1.807) is 12.4 Å². The van der Waals surface area contributed by atoms with Crippen LogP contribution < -0.4 is 5.32 Å². The number of aromatic nitrogens is 3. The van der Waals surface area contributed by atoms with E-state index in [0.29, 0.717) is 16.5 Å². The Bertz CT molecular complexity index is 865. The molecule has 128 valence electrons. The van der Waals surface area contributed by atoms with Crippen LogP contribution in [0.1, 0.15) is 21.1 Å². The molecule has 25 heavy (non-hydrogen) atoms. The summed E-state index contributed by atoms with van der Waals surface area (Å²) in [6, 6.07) is 11.7. The normalized spacial score (nSPS) is 9.68. The van der Waals surface area contributed by atoms with Crippen molar-refractivity contribution in [3.8, 4) is 11.3 Å². The van der Waals surface area contributed by atoms with Crippen LogP contribution in [-0.4, -0.2) is 32.4 Å². The first-order valence-corrected chi connectivity index (χ1v) is 8.13. The second kappa shape index (κ2) is 8.65. The van der Waals surface area contributed by atoms with Gasteiger partial charge < -0.3 is 5.11 Å². The molecule has 0 saturated carbocycles. The summed E-state index contributed by atoms with van der Waals surface area (Å²) < 4.78 is 0. The molecule has 0 radical (unpaired) electrons. The third-order valence-electron chi connectivity index (χ3n) is 3.10. The Kier molecular flexibility index (Phi) is 6.30. The van der Waals surface area contributed by atoms with Gasteiger partial charge in [-0.05, 0) is 19.9 Å². The monoisotopic (exact) mass is 356 g/mol. The molecule has 0 spiro atoms. The minimum atomic E-state index is -0.250. The lowest BCUT2D eigenvalue weighted by Gasteiger charge is -2.07. The van der Waals surface area contributed by atoms with Gasteiger partial charge in [0, 0.05) is 11.3 Å². The number of benzene rings is 1. The standard InChI is InChI=1S/C16H14N4OS.CH2O2/c1-10-8-13(12-6-4-3-5-7-12)19-16(18-10)20-15(21)14-11(2)17-9-22-14;2-1-3/h3-9H,1-2H3,(H,18,19,20,21);1H,(H,2,3). The van der Waals surface area contributed by atoms with Gasteiger partial charge in [0.25, 0.3) is 12.4 Å². The fourth-order valence-electron chi connectivity index (χ4n) is 2.06. The Morgan fingerprint density at radius 1 is 1.20 bits per heavy atom. The molecule has 0 bridgehead atoms. The molecule has 0 unspecified atom stereocenters. The Morgan fingerprint density at radius 3 is 2.48 bits per heavy atom. The van der Waals surface area contributed by atoms with Crippen molar-refractivity contribution in [3.63, 3.8) is 0 Å². The number of hydrogen-bond acceptors (Lipinski definition) is 6. The van der Waals surface area contributed by atoms with E-state index < -0.39 is 0 Å². The summed E-state index contributed by atoms with van der Waals surface area (Å²) in [7, 11) is 0. The van der Waals surface area contributed by atoms with Crippen LogP contribution in [0.3, 0.4) is 0 Å². The number of thiazole rings is 1. The maximum absolute atomic E-state index is 12.2. The SMILES string of the molecule is Cc1cc(-c2ccccc2)nc(NC(=O)c2scnc2C)n1.O=CO. The average Bonchev–Trinajstić information content (AvgIpc) is 3.02. The first kappa shape index (κ1) is 18.2. The highest BCUT2D eigenvalue weighted by atomic mass is 32.1. The number of hydrogen-bond donors (Lipinski definition) is 2. The molecule has 0 atom stereocenters. The smallest absolute Gasteiger partial charge is 0.290 e. The highest BCUT2D eigenvalue weighted by molar-refractivity contribution is 7.12. The van der Waals surface area contributed by atoms with Crippen LogP contribution in [0.4, 0.5) is 5.95 Å². The van der Waals surface area contributed by atoms with E-state index in [9.17, 15) is 4.79 Å². The van der Waals surface area contributed by atoms with Crippen molar-refractivity contribution < 1.29 is 14.7 Å². The van der Waals surface area contributed by atoms with Crippen LogP contribution >= 0.6 is 11.3 Å². The molecule has 0 aliphatic rings. The molecular weight excluding hydrogens is 340 g/mol. The molecular formula is C17H16N4O3S. The number of rotatable bonds is 3. The third-order valence-corrected chi connectivity index (χ3v) is 4.03. The predicted octanol–water partition coefficient (Wildman–Crippen LogP) is 3.17. The molecule has 8 heteroatoms. The Labute approximate surface area is 148 Å². The van der Waals surface area contributed by atoms with Gasteiger partial charge in [0.15, 0.2) is 0 Å². The van der Waals surface area contributed by atoms with Gasteiger partial charge in [0.05, 0.1) is 16.9 Å². The molecule has 2 aromatic heterocycles. The van der Waals surface area contributed by atoms with Crippen LogP contribution in [0, 0.1) is 13.8 Å². The highest BCUT2D eigenvalue weighted by Gasteiger charge is 2.14. The molecule has 1 aromatic carbocycles. The number of nitrogens with zero attached hydrogens (tertiary/aromatic N) is 3. The number of nitrogens with one attached hydrogen (secondary N) is 1. The second-order valence-electron chi connectivity index (χ2n) is 4.91. The first-order chi connectivity index (χ1) is 12.0. The molecule has 0 aliphatic carbocycles. The van der Waals surface area contributed by atoms with Gasteiger partial charge in [-0.3, -0.25) is 14.9 Å². The van der Waals surface area contributed by atoms with Crippen molar-refractivity contribution in [2.24, 2.45) is 0 Å². The fraction of sp³-hybridized carbons (Fsp3) is 0.118. The minimum Gasteiger partial charge on any atom is -0.483 e. The van der Waals surface area contributed by atoms with Gasteiger partial charge >= 0.3 is 0 Å². The Balaban J connectivity index is 0.000000701. The van der Waals surface area contributed by atoms with Gasteiger partial charge in [0.2, 0.25) is 5.95 Å². The number of carbonyl (C=O) groups excluding carboxylic acids is 1. The molecule has 2 N–H and O–H groups in total. The molecule has 0 saturated heterocycles. The first-order valence-electron chi connectivity index (χ1n) is 7.25. The van der Waals surface area contributed by atoms with Crippen LogP contribution in [-0.2, 0) is 4.79 Å². The van der Waals surface area contributed by atoms with Crippen molar-refractivity contribution in [1.29, 1.82) is 0 Å². The number of carboxylic acid groups (broad SMARTS) is 1. The number of anilines is 1. The maximum Gasteiger partial charge on any atom is 0.290 e. The van der Waals surface area contributed by atoms with E-state index in [1.165, 1.54) is 11.3 Å². The van der Waals surface area contributed by atoms with Crippen LogP contribution in [0.2, 0.25) is 0 Å². The van der Waals surface area contributed by atoms with Crippen molar-refractivity contribution in [2.45, 2.75) is 13.8 Å². The number of aryl methyl sites for hydroxylation is 2. The molecule has 2 heterocycles. The minimum absolute atomic E-state index is 0.232. The van der Waals surface area contributed by atoms with E-state index >= 15 is 0 Å². The van der Waals surface area contributed by atoms with E-state index in [1.807, 2.05) is 43.3 Å². The van der Waals surface area contributed by atoms with E-state index in [4.69, 9.17) is 9.90 Å². The summed E-state index contributed by atoms with van der Waals surface area (Å²) in [4.78, 5) is 34.0. The third kappa shape index (κ3) is 4.92. The van der Waals surface area contributed by atoms with E-state index in [0.717, 1.165) is 17.0 Å². The van der Waals surface area contributed by atoms with Gasteiger partial charge in [-0.2, -0.15) is 0 Å². The molecule has 3 rings (SSSR count).